The summed E-state index contributed by atoms with van der Waals surface area (Å²) in [4.78, 5) is 10.4. The zero-order valence-electron chi connectivity index (χ0n) is 8.09. The van der Waals surface area contributed by atoms with Crippen LogP contribution in [0.2, 0.25) is 0 Å². The fraction of sp³-hybridized carbons (Fsp3) is 0.0833. The molecule has 1 heterocycles. The Labute approximate surface area is 87.6 Å². The molecular formula is C12H10NO2-. The van der Waals surface area contributed by atoms with E-state index in [-0.39, 0.29) is 6.42 Å². The number of carbonyl (C=O) groups is 1. The summed E-state index contributed by atoms with van der Waals surface area (Å²) in [6.07, 6.45) is 3.84. The van der Waals surface area contributed by atoms with Crippen molar-refractivity contribution < 1.29 is 9.90 Å². The predicted octanol–water partition coefficient (Wildman–Crippen LogP) is 0.770. The van der Waals surface area contributed by atoms with Crippen LogP contribution in [0.25, 0.3) is 5.69 Å². The van der Waals surface area contributed by atoms with E-state index in [0.717, 1.165) is 11.3 Å². The van der Waals surface area contributed by atoms with Crippen LogP contribution in [-0.2, 0) is 11.2 Å². The number of benzene rings is 1. The van der Waals surface area contributed by atoms with Crippen molar-refractivity contribution in [1.29, 1.82) is 0 Å². The number of hydrogen-bond donors (Lipinski definition) is 0. The molecule has 0 N–H and O–H groups in total. The second-order valence-corrected chi connectivity index (χ2v) is 3.31. The highest BCUT2D eigenvalue weighted by Gasteiger charge is 1.96. The van der Waals surface area contributed by atoms with E-state index in [2.05, 4.69) is 0 Å². The summed E-state index contributed by atoms with van der Waals surface area (Å²) < 4.78 is 1.96. The summed E-state index contributed by atoms with van der Waals surface area (Å²) in [7, 11) is 0. The third kappa shape index (κ3) is 2.26. The number of carbonyl (C=O) groups excluding carboxylic acids is 1. The standard InChI is InChI=1S/C12H11NO2/c14-12(15)9-10-3-5-11(6-4-10)13-7-1-2-8-13/h1-8H,9H2,(H,14,15)/p-1. The smallest absolute Gasteiger partial charge is 0.0458 e. The summed E-state index contributed by atoms with van der Waals surface area (Å²) in [5.41, 5.74) is 1.77. The minimum atomic E-state index is -1.05. The van der Waals surface area contributed by atoms with Gasteiger partial charge in [0.1, 0.15) is 0 Å². The van der Waals surface area contributed by atoms with Crippen LogP contribution < -0.4 is 5.11 Å². The normalized spacial score (nSPS) is 10.1. The Morgan fingerprint density at radius 1 is 1.13 bits per heavy atom. The predicted molar refractivity (Wildman–Crippen MR) is 54.5 cm³/mol. The summed E-state index contributed by atoms with van der Waals surface area (Å²) in [6, 6.07) is 11.2. The lowest BCUT2D eigenvalue weighted by Crippen LogP contribution is -2.24. The van der Waals surface area contributed by atoms with Gasteiger partial charge < -0.3 is 14.5 Å². The van der Waals surface area contributed by atoms with E-state index in [1.54, 1.807) is 12.1 Å². The van der Waals surface area contributed by atoms with Crippen molar-refractivity contribution in [2.75, 3.05) is 0 Å². The van der Waals surface area contributed by atoms with Crippen LogP contribution in [0.5, 0.6) is 0 Å². The molecule has 0 unspecified atom stereocenters. The zero-order chi connectivity index (χ0) is 10.7. The maximum absolute atomic E-state index is 10.4. The molecule has 1 aromatic carbocycles. The van der Waals surface area contributed by atoms with Gasteiger partial charge in [0.2, 0.25) is 0 Å². The van der Waals surface area contributed by atoms with Crippen molar-refractivity contribution in [1.82, 2.24) is 4.57 Å². The third-order valence-corrected chi connectivity index (χ3v) is 2.19. The van der Waals surface area contributed by atoms with Gasteiger partial charge in [-0.15, -0.1) is 0 Å². The number of rotatable bonds is 3. The molecular weight excluding hydrogens is 190 g/mol. The largest absolute Gasteiger partial charge is 0.550 e. The van der Waals surface area contributed by atoms with E-state index in [9.17, 15) is 9.90 Å². The molecule has 0 amide bonds. The summed E-state index contributed by atoms with van der Waals surface area (Å²) >= 11 is 0. The third-order valence-electron chi connectivity index (χ3n) is 2.19. The Balaban J connectivity index is 2.21. The van der Waals surface area contributed by atoms with E-state index in [0.29, 0.717) is 0 Å². The molecule has 0 atom stereocenters. The lowest BCUT2D eigenvalue weighted by molar-refractivity contribution is -0.304. The molecule has 3 nitrogen and oxygen atoms in total. The first-order valence-electron chi connectivity index (χ1n) is 4.68. The number of hydrogen-bond acceptors (Lipinski definition) is 2. The van der Waals surface area contributed by atoms with E-state index in [1.807, 2.05) is 41.2 Å². The molecule has 2 aromatic rings. The molecule has 1 aromatic heterocycles. The minimum absolute atomic E-state index is 0.0358. The van der Waals surface area contributed by atoms with Crippen molar-refractivity contribution in [3.63, 3.8) is 0 Å². The van der Waals surface area contributed by atoms with Gasteiger partial charge in [-0.3, -0.25) is 0 Å². The number of carboxylic acid groups (broad SMARTS) is 1. The summed E-state index contributed by atoms with van der Waals surface area (Å²) in [5, 5.41) is 10.4. The molecule has 0 aliphatic carbocycles. The SMILES string of the molecule is O=C([O-])Cc1ccc(-n2cccc2)cc1. The van der Waals surface area contributed by atoms with Crippen molar-refractivity contribution in [2.24, 2.45) is 0 Å². The molecule has 15 heavy (non-hydrogen) atoms. The molecule has 0 bridgehead atoms. The van der Waals surface area contributed by atoms with Gasteiger partial charge in [0.05, 0.1) is 0 Å². The van der Waals surface area contributed by atoms with Crippen molar-refractivity contribution >= 4 is 5.97 Å². The fourth-order valence-electron chi connectivity index (χ4n) is 1.46. The Bertz CT molecular complexity index is 443. The second kappa shape index (κ2) is 4.00. The van der Waals surface area contributed by atoms with E-state index in [4.69, 9.17) is 0 Å². The average molecular weight is 200 g/mol. The maximum Gasteiger partial charge on any atom is 0.0458 e. The maximum atomic E-state index is 10.4. The summed E-state index contributed by atoms with van der Waals surface area (Å²) in [6.45, 7) is 0. The first-order chi connectivity index (χ1) is 7.25. The average Bonchev–Trinajstić information content (AvgIpc) is 2.71. The van der Waals surface area contributed by atoms with E-state index < -0.39 is 5.97 Å². The van der Waals surface area contributed by atoms with E-state index in [1.165, 1.54) is 0 Å². The number of aliphatic carboxylic acids is 1. The molecule has 76 valence electrons. The van der Waals surface area contributed by atoms with E-state index >= 15 is 0 Å². The van der Waals surface area contributed by atoms with Crippen LogP contribution in [-0.4, -0.2) is 10.5 Å². The first-order valence-corrected chi connectivity index (χ1v) is 4.68. The molecule has 0 saturated carbocycles. The van der Waals surface area contributed by atoms with Crippen LogP contribution in [0.1, 0.15) is 5.56 Å². The molecule has 3 heteroatoms. The molecule has 0 spiro atoms. The van der Waals surface area contributed by atoms with Crippen molar-refractivity contribution in [3.05, 3.63) is 54.4 Å². The van der Waals surface area contributed by atoms with Crippen LogP contribution in [0.3, 0.4) is 0 Å². The molecule has 0 aliphatic rings. The Hall–Kier alpha value is -2.03. The van der Waals surface area contributed by atoms with Crippen LogP contribution in [0.15, 0.2) is 48.8 Å². The molecule has 2 rings (SSSR count). The van der Waals surface area contributed by atoms with Crippen molar-refractivity contribution in [2.45, 2.75) is 6.42 Å². The van der Waals surface area contributed by atoms with Gasteiger partial charge in [-0.25, -0.2) is 0 Å². The summed E-state index contributed by atoms with van der Waals surface area (Å²) in [5.74, 6) is -1.05. The quantitative estimate of drug-likeness (QED) is 0.734. The monoisotopic (exact) mass is 200 g/mol. The van der Waals surface area contributed by atoms with Crippen molar-refractivity contribution in [3.8, 4) is 5.69 Å². The highest BCUT2D eigenvalue weighted by molar-refractivity contribution is 5.68. The lowest BCUT2D eigenvalue weighted by Gasteiger charge is -2.05. The van der Waals surface area contributed by atoms with Gasteiger partial charge in [-0.05, 0) is 29.8 Å². The zero-order valence-corrected chi connectivity index (χ0v) is 8.09. The van der Waals surface area contributed by atoms with Crippen LogP contribution in [0, 0.1) is 0 Å². The van der Waals surface area contributed by atoms with Gasteiger partial charge in [-0.1, -0.05) is 12.1 Å². The number of aromatic nitrogens is 1. The Morgan fingerprint density at radius 2 is 1.73 bits per heavy atom. The van der Waals surface area contributed by atoms with Gasteiger partial charge in [-0.2, -0.15) is 0 Å². The highest BCUT2D eigenvalue weighted by Crippen LogP contribution is 2.10. The highest BCUT2D eigenvalue weighted by atomic mass is 16.4. The van der Waals surface area contributed by atoms with Gasteiger partial charge >= 0.3 is 0 Å². The second-order valence-electron chi connectivity index (χ2n) is 3.31. The Kier molecular flexibility index (Phi) is 2.54. The lowest BCUT2D eigenvalue weighted by atomic mass is 10.1. The fourth-order valence-corrected chi connectivity index (χ4v) is 1.46. The number of nitrogens with zero attached hydrogens (tertiary/aromatic N) is 1. The van der Waals surface area contributed by atoms with Gasteiger partial charge in [0.25, 0.3) is 0 Å². The topological polar surface area (TPSA) is 45.1 Å². The van der Waals surface area contributed by atoms with Crippen LogP contribution in [0.4, 0.5) is 0 Å². The Morgan fingerprint density at radius 3 is 2.27 bits per heavy atom. The van der Waals surface area contributed by atoms with Gasteiger partial charge in [0.15, 0.2) is 0 Å². The van der Waals surface area contributed by atoms with Crippen LogP contribution >= 0.6 is 0 Å². The molecule has 0 fully saturated rings. The number of carboxylic acids is 1. The van der Waals surface area contributed by atoms with Gasteiger partial charge in [0, 0.05) is 30.5 Å². The molecule has 0 radical (unpaired) electrons. The molecule has 0 aliphatic heterocycles. The first kappa shape index (κ1) is 9.52. The molecule has 0 saturated heterocycles. The minimum Gasteiger partial charge on any atom is -0.550 e.